The maximum atomic E-state index is 14.3. The molecule has 50 heavy (non-hydrogen) atoms. The first-order chi connectivity index (χ1) is 24.1. The lowest BCUT2D eigenvalue weighted by Crippen LogP contribution is -2.15. The van der Waals surface area contributed by atoms with Gasteiger partial charge in [0.15, 0.2) is 0 Å². The van der Waals surface area contributed by atoms with Gasteiger partial charge in [0.1, 0.15) is 17.2 Å². The summed E-state index contributed by atoms with van der Waals surface area (Å²) in [6, 6.07) is 37.0. The van der Waals surface area contributed by atoms with Crippen LogP contribution in [-0.4, -0.2) is 14.5 Å². The van der Waals surface area contributed by atoms with Gasteiger partial charge < -0.3 is 4.42 Å². The van der Waals surface area contributed by atoms with Crippen molar-refractivity contribution in [3.8, 4) is 39.5 Å². The summed E-state index contributed by atoms with van der Waals surface area (Å²) >= 11 is 0. The Labute approximate surface area is 291 Å². The fourth-order valence-electron chi connectivity index (χ4n) is 8.10. The summed E-state index contributed by atoms with van der Waals surface area (Å²) in [5, 5.41) is 1.96. The predicted octanol–water partition coefficient (Wildman–Crippen LogP) is 12.3. The van der Waals surface area contributed by atoms with Crippen LogP contribution >= 0.6 is 0 Å². The number of hydrogen-bond acceptors (Lipinski definition) is 3. The Morgan fingerprint density at radius 1 is 0.660 bits per heavy atom. The van der Waals surface area contributed by atoms with E-state index in [0.29, 0.717) is 17.5 Å². The molecular weight excluding hydrogens is 618 g/mol. The van der Waals surface area contributed by atoms with Crippen molar-refractivity contribution < 1.29 is 8.81 Å². The largest absolute Gasteiger partial charge is 0.437 e. The third-order valence-electron chi connectivity index (χ3n) is 10.7. The molecule has 3 aromatic heterocycles. The molecule has 5 aromatic carbocycles. The number of imidazole rings is 1. The van der Waals surface area contributed by atoms with E-state index in [9.17, 15) is 4.39 Å². The van der Waals surface area contributed by atoms with Gasteiger partial charge in [0.25, 0.3) is 0 Å². The highest BCUT2D eigenvalue weighted by Crippen LogP contribution is 2.50. The predicted molar refractivity (Wildman–Crippen MR) is 203 cm³/mol. The molecule has 9 rings (SSSR count). The van der Waals surface area contributed by atoms with Gasteiger partial charge in [0.05, 0.1) is 28.0 Å². The average molecular weight is 656 g/mol. The smallest absolute Gasteiger partial charge is 0.227 e. The minimum absolute atomic E-state index is 0.215. The fraction of sp³-hybridized carbons (Fsp3) is 0.200. The summed E-state index contributed by atoms with van der Waals surface area (Å²) < 4.78 is 23.3. The van der Waals surface area contributed by atoms with Crippen LogP contribution in [0.3, 0.4) is 0 Å². The van der Waals surface area contributed by atoms with Crippen molar-refractivity contribution in [3.05, 3.63) is 137 Å². The Bertz CT molecular complexity index is 2630. The maximum Gasteiger partial charge on any atom is 0.227 e. The number of rotatable bonds is 5. The minimum atomic E-state index is -0.248. The summed E-state index contributed by atoms with van der Waals surface area (Å²) in [6.45, 7) is 13.4. The number of nitrogens with zero attached hydrogens (tertiary/aromatic N) is 3. The second-order valence-electron chi connectivity index (χ2n) is 14.8. The molecule has 0 atom stereocenters. The van der Waals surface area contributed by atoms with E-state index in [1.54, 1.807) is 12.1 Å². The highest BCUT2D eigenvalue weighted by molar-refractivity contribution is 6.09. The van der Waals surface area contributed by atoms with Crippen LogP contribution in [-0.2, 0) is 5.41 Å². The van der Waals surface area contributed by atoms with Gasteiger partial charge in [-0.25, -0.2) is 14.4 Å². The monoisotopic (exact) mass is 655 g/mol. The molecule has 0 radical (unpaired) electrons. The lowest BCUT2D eigenvalue weighted by atomic mass is 9.82. The zero-order valence-electron chi connectivity index (χ0n) is 29.2. The normalized spacial score (nSPS) is 13.6. The van der Waals surface area contributed by atoms with Crippen LogP contribution in [0.2, 0.25) is 0 Å². The van der Waals surface area contributed by atoms with Gasteiger partial charge in [-0.2, -0.15) is 0 Å². The number of halogens is 1. The molecule has 246 valence electrons. The summed E-state index contributed by atoms with van der Waals surface area (Å²) in [4.78, 5) is 10.4. The molecule has 3 heterocycles. The van der Waals surface area contributed by atoms with Crippen LogP contribution in [0.25, 0.3) is 72.6 Å². The van der Waals surface area contributed by atoms with E-state index in [4.69, 9.17) is 14.4 Å². The van der Waals surface area contributed by atoms with Crippen molar-refractivity contribution in [1.82, 2.24) is 14.5 Å². The first-order valence-corrected chi connectivity index (χ1v) is 17.5. The molecule has 0 N–H and O–H groups in total. The fourth-order valence-corrected chi connectivity index (χ4v) is 8.10. The van der Waals surface area contributed by atoms with Crippen LogP contribution in [0.4, 0.5) is 4.39 Å². The molecule has 0 bridgehead atoms. The standard InChI is InChI=1S/C45H38FN3O/c1-25(2)29-11-9-12-30(26(3)4)41(29)49-40-16-8-7-15-39(40)47-43(49)34-14-10-13-32-33-20-22-38(48-44(33)50-42(32)34)27-17-19-31-35-24-28(46)18-21-36(35)45(5,6)37(31)23-27/h7-26H,1-6H3. The second kappa shape index (κ2) is 11.0. The van der Waals surface area contributed by atoms with E-state index in [2.05, 4.69) is 131 Å². The van der Waals surface area contributed by atoms with Crippen LogP contribution in [0.5, 0.6) is 0 Å². The summed E-state index contributed by atoms with van der Waals surface area (Å²) in [6.07, 6.45) is 0. The van der Waals surface area contributed by atoms with Crippen LogP contribution in [0, 0.1) is 5.82 Å². The molecular formula is C45H38FN3O. The third kappa shape index (κ3) is 4.42. The number of benzene rings is 5. The van der Waals surface area contributed by atoms with Gasteiger partial charge in [-0.15, -0.1) is 0 Å². The maximum absolute atomic E-state index is 14.3. The number of hydrogen-bond donors (Lipinski definition) is 0. The molecule has 0 aliphatic heterocycles. The Hall–Kier alpha value is -5.55. The molecule has 8 aromatic rings. The quantitative estimate of drug-likeness (QED) is 0.185. The average Bonchev–Trinajstić information content (AvgIpc) is 3.75. The Kier molecular flexibility index (Phi) is 6.70. The van der Waals surface area contributed by atoms with E-state index in [1.807, 2.05) is 12.1 Å². The molecule has 0 saturated heterocycles. The summed E-state index contributed by atoms with van der Waals surface area (Å²) in [5.41, 5.74) is 14.0. The van der Waals surface area contributed by atoms with Crippen molar-refractivity contribution in [2.24, 2.45) is 0 Å². The van der Waals surface area contributed by atoms with Crippen molar-refractivity contribution >= 4 is 33.1 Å². The lowest BCUT2D eigenvalue weighted by molar-refractivity contribution is 0.622. The minimum Gasteiger partial charge on any atom is -0.437 e. The van der Waals surface area contributed by atoms with E-state index in [0.717, 1.165) is 66.7 Å². The summed E-state index contributed by atoms with van der Waals surface area (Å²) in [5.74, 6) is 1.28. The van der Waals surface area contributed by atoms with Gasteiger partial charge in [-0.05, 0) is 93.7 Å². The number of pyridine rings is 1. The topological polar surface area (TPSA) is 43.9 Å². The Morgan fingerprint density at radius 2 is 1.42 bits per heavy atom. The molecule has 5 heteroatoms. The molecule has 0 saturated carbocycles. The van der Waals surface area contributed by atoms with Gasteiger partial charge in [0.2, 0.25) is 5.71 Å². The van der Waals surface area contributed by atoms with E-state index in [-0.39, 0.29) is 11.2 Å². The first-order valence-electron chi connectivity index (χ1n) is 17.5. The van der Waals surface area contributed by atoms with Gasteiger partial charge in [-0.3, -0.25) is 4.57 Å². The van der Waals surface area contributed by atoms with Gasteiger partial charge in [0, 0.05) is 21.8 Å². The zero-order valence-corrected chi connectivity index (χ0v) is 29.2. The van der Waals surface area contributed by atoms with E-state index < -0.39 is 0 Å². The molecule has 0 spiro atoms. The molecule has 0 unspecified atom stereocenters. The van der Waals surface area contributed by atoms with Crippen molar-refractivity contribution in [2.45, 2.75) is 58.8 Å². The number of para-hydroxylation sites is 4. The highest BCUT2D eigenvalue weighted by atomic mass is 19.1. The molecule has 4 nitrogen and oxygen atoms in total. The summed E-state index contributed by atoms with van der Waals surface area (Å²) in [7, 11) is 0. The Balaban J connectivity index is 1.23. The Morgan fingerprint density at radius 3 is 2.20 bits per heavy atom. The third-order valence-corrected chi connectivity index (χ3v) is 10.7. The number of furan rings is 1. The number of fused-ring (bicyclic) bond motifs is 7. The zero-order chi connectivity index (χ0) is 34.5. The van der Waals surface area contributed by atoms with Crippen LogP contribution in [0.15, 0.2) is 114 Å². The van der Waals surface area contributed by atoms with Gasteiger partial charge >= 0.3 is 0 Å². The molecule has 0 fully saturated rings. The number of aromatic nitrogens is 3. The van der Waals surface area contributed by atoms with Crippen LogP contribution in [0.1, 0.15) is 75.6 Å². The van der Waals surface area contributed by atoms with Crippen molar-refractivity contribution in [2.75, 3.05) is 0 Å². The molecule has 1 aliphatic rings. The van der Waals surface area contributed by atoms with Crippen LogP contribution < -0.4 is 0 Å². The second-order valence-corrected chi connectivity index (χ2v) is 14.8. The lowest BCUT2D eigenvalue weighted by Gasteiger charge is -2.22. The van der Waals surface area contributed by atoms with E-state index >= 15 is 0 Å². The first kappa shape index (κ1) is 30.5. The molecule has 1 aliphatic carbocycles. The van der Waals surface area contributed by atoms with Crippen molar-refractivity contribution in [3.63, 3.8) is 0 Å². The van der Waals surface area contributed by atoms with Crippen molar-refractivity contribution in [1.29, 1.82) is 0 Å². The molecule has 0 amide bonds. The van der Waals surface area contributed by atoms with E-state index in [1.165, 1.54) is 22.4 Å². The van der Waals surface area contributed by atoms with Gasteiger partial charge in [-0.1, -0.05) is 102 Å². The SMILES string of the molecule is CC(C)c1cccc(C(C)C)c1-n1c(-c2cccc3c2oc2nc(-c4ccc5c(c4)C(C)(C)c4ccc(F)cc4-5)ccc23)nc2ccccc21. The highest BCUT2D eigenvalue weighted by Gasteiger charge is 2.36.